The van der Waals surface area contributed by atoms with Crippen LogP contribution in [0.25, 0.3) is 0 Å². The first-order chi connectivity index (χ1) is 9.02. The number of rotatable bonds is 5. The van der Waals surface area contributed by atoms with E-state index in [1.54, 1.807) is 0 Å². The molecule has 0 unspecified atom stereocenters. The normalized spacial score (nSPS) is 18.7. The van der Waals surface area contributed by atoms with Crippen LogP contribution in [-0.2, 0) is 0 Å². The molecule has 110 valence electrons. The summed E-state index contributed by atoms with van der Waals surface area (Å²) in [5.74, 6) is 0.840. The van der Waals surface area contributed by atoms with E-state index in [1.165, 1.54) is 0 Å². The second kappa shape index (κ2) is 8.43. The van der Waals surface area contributed by atoms with Gasteiger partial charge in [0.2, 0.25) is 0 Å². The molecular formula is C14H27ClN4. The molecule has 0 aromatic heterocycles. The van der Waals surface area contributed by atoms with E-state index in [4.69, 9.17) is 11.6 Å². The van der Waals surface area contributed by atoms with Crippen molar-refractivity contribution in [1.29, 1.82) is 0 Å². The molecule has 0 radical (unpaired) electrons. The first kappa shape index (κ1) is 16.3. The molecule has 1 fully saturated rings. The van der Waals surface area contributed by atoms with E-state index in [1.807, 2.05) is 0 Å². The summed E-state index contributed by atoms with van der Waals surface area (Å²) < 4.78 is 0. The van der Waals surface area contributed by atoms with E-state index >= 15 is 0 Å². The molecule has 5 heteroatoms. The molecule has 0 spiro atoms. The van der Waals surface area contributed by atoms with Gasteiger partial charge in [-0.2, -0.15) is 0 Å². The van der Waals surface area contributed by atoms with Crippen molar-refractivity contribution in [3.05, 3.63) is 11.6 Å². The van der Waals surface area contributed by atoms with Gasteiger partial charge in [0.25, 0.3) is 0 Å². The lowest BCUT2D eigenvalue weighted by molar-refractivity contribution is 0.167. The number of hydrogen-bond donors (Lipinski definition) is 2. The minimum atomic E-state index is 0.460. The lowest BCUT2D eigenvalue weighted by Crippen LogP contribution is -2.49. The minimum Gasteiger partial charge on any atom is -0.357 e. The Labute approximate surface area is 122 Å². The zero-order valence-electron chi connectivity index (χ0n) is 12.4. The third kappa shape index (κ3) is 6.30. The smallest absolute Gasteiger partial charge is 0.191 e. The van der Waals surface area contributed by atoms with E-state index in [-0.39, 0.29) is 0 Å². The van der Waals surface area contributed by atoms with E-state index in [0.717, 1.165) is 38.4 Å². The molecule has 0 bridgehead atoms. The SMILES string of the molecule is C=C(Cl)CN=C(NCC)NC1CCN(C(C)C)CC1. The zero-order chi connectivity index (χ0) is 14.3. The van der Waals surface area contributed by atoms with E-state index < -0.39 is 0 Å². The van der Waals surface area contributed by atoms with Crippen LogP contribution in [0, 0.1) is 0 Å². The molecule has 0 atom stereocenters. The third-order valence-electron chi connectivity index (χ3n) is 3.35. The molecule has 4 nitrogen and oxygen atoms in total. The van der Waals surface area contributed by atoms with Crippen LogP contribution in [0.1, 0.15) is 33.6 Å². The Balaban J connectivity index is 2.43. The highest BCUT2D eigenvalue weighted by atomic mass is 35.5. The lowest BCUT2D eigenvalue weighted by Gasteiger charge is -2.35. The van der Waals surface area contributed by atoms with E-state index in [2.05, 4.69) is 47.9 Å². The fraction of sp³-hybridized carbons (Fsp3) is 0.786. The zero-order valence-corrected chi connectivity index (χ0v) is 13.1. The summed E-state index contributed by atoms with van der Waals surface area (Å²) in [6.45, 7) is 13.8. The van der Waals surface area contributed by atoms with Gasteiger partial charge in [-0.05, 0) is 33.6 Å². The third-order valence-corrected chi connectivity index (χ3v) is 3.47. The minimum absolute atomic E-state index is 0.460. The molecule has 0 saturated carbocycles. The predicted molar refractivity (Wildman–Crippen MR) is 83.8 cm³/mol. The summed E-state index contributed by atoms with van der Waals surface area (Å²) in [7, 11) is 0. The van der Waals surface area contributed by atoms with Gasteiger partial charge < -0.3 is 15.5 Å². The molecule has 0 aromatic carbocycles. The summed E-state index contributed by atoms with van der Waals surface area (Å²) in [5.41, 5.74) is 0. The molecule has 0 aromatic rings. The Morgan fingerprint density at radius 1 is 1.42 bits per heavy atom. The first-order valence-corrected chi connectivity index (χ1v) is 7.53. The number of nitrogens with zero attached hydrogens (tertiary/aromatic N) is 2. The first-order valence-electron chi connectivity index (χ1n) is 7.15. The predicted octanol–water partition coefficient (Wildman–Crippen LogP) is 2.17. The number of guanidine groups is 1. The van der Waals surface area contributed by atoms with Crippen LogP contribution < -0.4 is 10.6 Å². The standard InChI is InChI=1S/C14H27ClN4/c1-5-16-14(17-10-12(4)15)18-13-6-8-19(9-7-13)11(2)3/h11,13H,4-10H2,1-3H3,(H2,16,17,18). The molecule has 1 heterocycles. The summed E-state index contributed by atoms with van der Waals surface area (Å²) in [5, 5.41) is 7.29. The lowest BCUT2D eigenvalue weighted by atomic mass is 10.0. The number of nitrogens with one attached hydrogen (secondary N) is 2. The molecule has 0 amide bonds. The molecule has 0 aliphatic carbocycles. The van der Waals surface area contributed by atoms with E-state index in [0.29, 0.717) is 23.7 Å². The van der Waals surface area contributed by atoms with Crippen LogP contribution in [-0.4, -0.2) is 49.1 Å². The Morgan fingerprint density at radius 3 is 2.53 bits per heavy atom. The van der Waals surface area contributed by atoms with Crippen molar-refractivity contribution in [2.75, 3.05) is 26.2 Å². The highest BCUT2D eigenvalue weighted by Crippen LogP contribution is 2.12. The van der Waals surface area contributed by atoms with Crippen molar-refractivity contribution in [3.63, 3.8) is 0 Å². The van der Waals surface area contributed by atoms with Crippen LogP contribution in [0.3, 0.4) is 0 Å². The van der Waals surface area contributed by atoms with Gasteiger partial charge in [-0.3, -0.25) is 0 Å². The van der Waals surface area contributed by atoms with Gasteiger partial charge in [0.1, 0.15) is 0 Å². The number of aliphatic imine (C=N–C) groups is 1. The molecule has 1 aliphatic rings. The maximum atomic E-state index is 5.75. The Kier molecular flexibility index (Phi) is 7.24. The Morgan fingerprint density at radius 2 is 2.05 bits per heavy atom. The molecule has 1 saturated heterocycles. The molecule has 2 N–H and O–H groups in total. The van der Waals surface area contributed by atoms with Crippen LogP contribution in [0.4, 0.5) is 0 Å². The average Bonchev–Trinajstić information content (AvgIpc) is 2.37. The Bertz CT molecular complexity index is 307. The topological polar surface area (TPSA) is 39.7 Å². The van der Waals surface area contributed by atoms with Crippen molar-refractivity contribution in [2.45, 2.75) is 45.7 Å². The van der Waals surface area contributed by atoms with Crippen molar-refractivity contribution in [1.82, 2.24) is 15.5 Å². The van der Waals surface area contributed by atoms with Crippen LogP contribution in [0.2, 0.25) is 0 Å². The van der Waals surface area contributed by atoms with Gasteiger partial charge in [0.15, 0.2) is 5.96 Å². The maximum Gasteiger partial charge on any atom is 0.191 e. The van der Waals surface area contributed by atoms with Crippen molar-refractivity contribution in [3.8, 4) is 0 Å². The molecule has 1 rings (SSSR count). The van der Waals surface area contributed by atoms with Crippen LogP contribution in [0.15, 0.2) is 16.6 Å². The summed E-state index contributed by atoms with van der Waals surface area (Å²) in [4.78, 5) is 6.93. The van der Waals surface area contributed by atoms with Crippen LogP contribution in [0.5, 0.6) is 0 Å². The number of hydrogen-bond acceptors (Lipinski definition) is 2. The van der Waals surface area contributed by atoms with Gasteiger partial charge in [0, 0.05) is 36.8 Å². The largest absolute Gasteiger partial charge is 0.357 e. The quantitative estimate of drug-likeness (QED) is 0.601. The maximum absolute atomic E-state index is 5.75. The van der Waals surface area contributed by atoms with Crippen molar-refractivity contribution >= 4 is 17.6 Å². The number of piperidine rings is 1. The van der Waals surface area contributed by atoms with Crippen molar-refractivity contribution in [2.24, 2.45) is 4.99 Å². The monoisotopic (exact) mass is 286 g/mol. The van der Waals surface area contributed by atoms with Gasteiger partial charge >= 0.3 is 0 Å². The number of likely N-dealkylation sites (tertiary alicyclic amines) is 1. The second-order valence-corrected chi connectivity index (χ2v) is 5.80. The van der Waals surface area contributed by atoms with Gasteiger partial charge in [-0.15, -0.1) is 0 Å². The number of halogens is 1. The van der Waals surface area contributed by atoms with Crippen molar-refractivity contribution < 1.29 is 0 Å². The van der Waals surface area contributed by atoms with Crippen LogP contribution >= 0.6 is 11.6 Å². The summed E-state index contributed by atoms with van der Waals surface area (Å²) in [6.07, 6.45) is 2.31. The molecular weight excluding hydrogens is 260 g/mol. The summed E-state index contributed by atoms with van der Waals surface area (Å²) in [6, 6.07) is 1.14. The average molecular weight is 287 g/mol. The fourth-order valence-corrected chi connectivity index (χ4v) is 2.30. The fourth-order valence-electron chi connectivity index (χ4n) is 2.24. The highest BCUT2D eigenvalue weighted by Gasteiger charge is 2.21. The van der Waals surface area contributed by atoms with E-state index in [9.17, 15) is 0 Å². The van der Waals surface area contributed by atoms with Gasteiger partial charge in [-0.25, -0.2) is 4.99 Å². The van der Waals surface area contributed by atoms with Gasteiger partial charge in [0.05, 0.1) is 6.54 Å². The molecule has 1 aliphatic heterocycles. The summed E-state index contributed by atoms with van der Waals surface area (Å²) >= 11 is 5.75. The molecule has 19 heavy (non-hydrogen) atoms. The van der Waals surface area contributed by atoms with Gasteiger partial charge in [-0.1, -0.05) is 18.2 Å². The second-order valence-electron chi connectivity index (χ2n) is 5.26. The Hall–Kier alpha value is -0.740. The highest BCUT2D eigenvalue weighted by molar-refractivity contribution is 6.29.